The molecule has 1 N–H and O–H groups in total. The summed E-state index contributed by atoms with van der Waals surface area (Å²) in [6, 6.07) is 3.71. The Hall–Kier alpha value is -1.55. The van der Waals surface area contributed by atoms with E-state index < -0.39 is 0 Å². The van der Waals surface area contributed by atoms with E-state index in [1.807, 2.05) is 30.8 Å². The third-order valence-electron chi connectivity index (χ3n) is 2.43. The molecule has 2 aromatic rings. The molecule has 0 saturated carbocycles. The van der Waals surface area contributed by atoms with E-state index in [0.717, 1.165) is 23.6 Å². The maximum absolute atomic E-state index is 5.79. The van der Waals surface area contributed by atoms with Gasteiger partial charge in [0.15, 0.2) is 0 Å². The Kier molecular flexibility index (Phi) is 3.10. The number of nitrogens with zero attached hydrogens (tertiary/aromatic N) is 3. The lowest BCUT2D eigenvalue weighted by atomic mass is 10.3. The van der Waals surface area contributed by atoms with Crippen LogP contribution < -0.4 is 5.32 Å². The van der Waals surface area contributed by atoms with Crippen molar-refractivity contribution in [1.29, 1.82) is 0 Å². The van der Waals surface area contributed by atoms with Gasteiger partial charge in [0.05, 0.1) is 29.9 Å². The minimum atomic E-state index is 0.517. The molecule has 0 atom stereocenters. The van der Waals surface area contributed by atoms with Gasteiger partial charge in [-0.3, -0.25) is 0 Å². The zero-order valence-electron chi connectivity index (χ0n) is 9.24. The van der Waals surface area contributed by atoms with E-state index in [4.69, 9.17) is 11.6 Å². The van der Waals surface area contributed by atoms with Crippen molar-refractivity contribution < 1.29 is 0 Å². The summed E-state index contributed by atoms with van der Waals surface area (Å²) >= 11 is 5.79. The Bertz CT molecular complexity index is 492. The largest absolute Gasteiger partial charge is 0.378 e. The van der Waals surface area contributed by atoms with E-state index in [0.29, 0.717) is 5.15 Å². The minimum absolute atomic E-state index is 0.517. The standard InChI is InChI=1S/C11H13ClN4/c1-8-10(3-4-11(12)15-8)14-6-9-5-13-7-16(9)2/h3-5,7,14H,6H2,1-2H3. The summed E-state index contributed by atoms with van der Waals surface area (Å²) in [5, 5.41) is 3.82. The molecule has 0 aliphatic carbocycles. The van der Waals surface area contributed by atoms with E-state index in [9.17, 15) is 0 Å². The molecular weight excluding hydrogens is 224 g/mol. The molecule has 2 rings (SSSR count). The van der Waals surface area contributed by atoms with Crippen molar-refractivity contribution in [2.45, 2.75) is 13.5 Å². The van der Waals surface area contributed by atoms with Gasteiger partial charge in [-0.05, 0) is 19.1 Å². The number of halogens is 1. The number of hydrogen-bond acceptors (Lipinski definition) is 3. The second-order valence-corrected chi connectivity index (χ2v) is 4.00. The molecule has 0 aromatic carbocycles. The fourth-order valence-corrected chi connectivity index (χ4v) is 1.65. The van der Waals surface area contributed by atoms with Crippen LogP contribution in [-0.2, 0) is 13.6 Å². The fraction of sp³-hybridized carbons (Fsp3) is 0.273. The molecule has 0 aliphatic rings. The third kappa shape index (κ3) is 2.33. The number of anilines is 1. The zero-order chi connectivity index (χ0) is 11.5. The molecule has 0 bridgehead atoms. The quantitative estimate of drug-likeness (QED) is 0.833. The molecule has 2 aromatic heterocycles. The Morgan fingerprint density at radius 1 is 1.44 bits per heavy atom. The van der Waals surface area contributed by atoms with E-state index in [1.165, 1.54) is 0 Å². The number of nitrogens with one attached hydrogen (secondary N) is 1. The second kappa shape index (κ2) is 4.53. The van der Waals surface area contributed by atoms with Crippen LogP contribution in [-0.4, -0.2) is 14.5 Å². The van der Waals surface area contributed by atoms with Crippen molar-refractivity contribution in [2.75, 3.05) is 5.32 Å². The number of hydrogen-bond donors (Lipinski definition) is 1. The maximum atomic E-state index is 5.79. The van der Waals surface area contributed by atoms with Gasteiger partial charge in [0.1, 0.15) is 5.15 Å². The normalized spacial score (nSPS) is 10.4. The highest BCUT2D eigenvalue weighted by Crippen LogP contribution is 2.16. The van der Waals surface area contributed by atoms with Crippen LogP contribution in [0.2, 0.25) is 5.15 Å². The van der Waals surface area contributed by atoms with Gasteiger partial charge in [-0.15, -0.1) is 0 Å². The summed E-state index contributed by atoms with van der Waals surface area (Å²) < 4.78 is 1.98. The monoisotopic (exact) mass is 236 g/mol. The van der Waals surface area contributed by atoms with E-state index in [-0.39, 0.29) is 0 Å². The Labute approximate surface area is 99.3 Å². The van der Waals surface area contributed by atoms with Crippen LogP contribution in [0.4, 0.5) is 5.69 Å². The second-order valence-electron chi connectivity index (χ2n) is 3.62. The summed E-state index contributed by atoms with van der Waals surface area (Å²) in [5.74, 6) is 0. The van der Waals surface area contributed by atoms with Crippen LogP contribution in [0.3, 0.4) is 0 Å². The first-order valence-corrected chi connectivity index (χ1v) is 5.37. The molecule has 2 heterocycles. The first-order chi connectivity index (χ1) is 7.66. The van der Waals surface area contributed by atoms with Gasteiger partial charge in [0, 0.05) is 13.2 Å². The molecule has 0 unspecified atom stereocenters. The lowest BCUT2D eigenvalue weighted by Gasteiger charge is -2.09. The highest BCUT2D eigenvalue weighted by molar-refractivity contribution is 6.29. The Morgan fingerprint density at radius 3 is 2.88 bits per heavy atom. The topological polar surface area (TPSA) is 42.7 Å². The average Bonchev–Trinajstić information content (AvgIpc) is 2.63. The minimum Gasteiger partial charge on any atom is -0.378 e. The van der Waals surface area contributed by atoms with E-state index in [2.05, 4.69) is 15.3 Å². The van der Waals surface area contributed by atoms with E-state index in [1.54, 1.807) is 12.4 Å². The van der Waals surface area contributed by atoms with Crippen LogP contribution in [0.15, 0.2) is 24.7 Å². The van der Waals surface area contributed by atoms with Crippen molar-refractivity contribution in [3.63, 3.8) is 0 Å². The van der Waals surface area contributed by atoms with Crippen LogP contribution in [0.25, 0.3) is 0 Å². The van der Waals surface area contributed by atoms with Crippen LogP contribution in [0, 0.1) is 6.92 Å². The zero-order valence-corrected chi connectivity index (χ0v) is 9.99. The number of pyridine rings is 1. The molecule has 0 fully saturated rings. The smallest absolute Gasteiger partial charge is 0.129 e. The lowest BCUT2D eigenvalue weighted by Crippen LogP contribution is -2.05. The van der Waals surface area contributed by atoms with Gasteiger partial charge in [-0.2, -0.15) is 0 Å². The van der Waals surface area contributed by atoms with Crippen LogP contribution in [0.5, 0.6) is 0 Å². The summed E-state index contributed by atoms with van der Waals surface area (Å²) in [4.78, 5) is 8.23. The molecule has 0 saturated heterocycles. The average molecular weight is 237 g/mol. The predicted molar refractivity (Wildman–Crippen MR) is 64.5 cm³/mol. The molecule has 5 heteroatoms. The van der Waals surface area contributed by atoms with Gasteiger partial charge in [-0.25, -0.2) is 9.97 Å². The van der Waals surface area contributed by atoms with Crippen molar-refractivity contribution in [3.05, 3.63) is 41.2 Å². The van der Waals surface area contributed by atoms with Crippen molar-refractivity contribution >= 4 is 17.3 Å². The SMILES string of the molecule is Cc1nc(Cl)ccc1NCc1cncn1C. The molecule has 0 radical (unpaired) electrons. The maximum Gasteiger partial charge on any atom is 0.129 e. The van der Waals surface area contributed by atoms with Crippen molar-refractivity contribution in [2.24, 2.45) is 7.05 Å². The first-order valence-electron chi connectivity index (χ1n) is 4.99. The molecule has 4 nitrogen and oxygen atoms in total. The molecule has 0 amide bonds. The van der Waals surface area contributed by atoms with Gasteiger partial charge in [0.25, 0.3) is 0 Å². The molecule has 0 spiro atoms. The number of imidazole rings is 1. The molecule has 16 heavy (non-hydrogen) atoms. The van der Waals surface area contributed by atoms with Crippen molar-refractivity contribution in [3.8, 4) is 0 Å². The highest BCUT2D eigenvalue weighted by atomic mass is 35.5. The third-order valence-corrected chi connectivity index (χ3v) is 2.64. The highest BCUT2D eigenvalue weighted by Gasteiger charge is 2.02. The molecule has 0 aliphatic heterocycles. The van der Waals surface area contributed by atoms with Gasteiger partial charge >= 0.3 is 0 Å². The summed E-state index contributed by atoms with van der Waals surface area (Å²) in [5.41, 5.74) is 3.01. The van der Waals surface area contributed by atoms with Gasteiger partial charge in [0.2, 0.25) is 0 Å². The fourth-order valence-electron chi connectivity index (χ4n) is 1.46. The van der Waals surface area contributed by atoms with Crippen LogP contribution in [0.1, 0.15) is 11.4 Å². The van der Waals surface area contributed by atoms with Crippen molar-refractivity contribution in [1.82, 2.24) is 14.5 Å². The Morgan fingerprint density at radius 2 is 2.25 bits per heavy atom. The molecule has 84 valence electrons. The van der Waals surface area contributed by atoms with Gasteiger partial charge in [-0.1, -0.05) is 11.6 Å². The summed E-state index contributed by atoms with van der Waals surface area (Å²) in [7, 11) is 1.97. The lowest BCUT2D eigenvalue weighted by molar-refractivity contribution is 0.836. The molecular formula is C11H13ClN4. The number of aromatic nitrogens is 3. The predicted octanol–water partition coefficient (Wildman–Crippen LogP) is 2.39. The summed E-state index contributed by atoms with van der Waals surface area (Å²) in [6.07, 6.45) is 3.62. The number of rotatable bonds is 3. The summed E-state index contributed by atoms with van der Waals surface area (Å²) in [6.45, 7) is 2.65. The van der Waals surface area contributed by atoms with Crippen LogP contribution >= 0.6 is 11.6 Å². The number of aryl methyl sites for hydroxylation is 2. The van der Waals surface area contributed by atoms with Gasteiger partial charge < -0.3 is 9.88 Å². The van der Waals surface area contributed by atoms with E-state index >= 15 is 0 Å². The first kappa shape index (κ1) is 11.0. The Balaban J connectivity index is 2.08.